The number of carbonyl (C=O) groups is 1. The van der Waals surface area contributed by atoms with E-state index in [1.165, 1.54) is 6.07 Å². The zero-order chi connectivity index (χ0) is 26.1. The lowest BCUT2D eigenvalue weighted by Crippen LogP contribution is -2.51. The summed E-state index contributed by atoms with van der Waals surface area (Å²) in [6, 6.07) is 19.0. The number of carbonyl (C=O) groups excluding carboxylic acids is 1. The van der Waals surface area contributed by atoms with E-state index in [1.54, 1.807) is 30.9 Å². The molecule has 190 valence electrons. The molecule has 1 N–H and O–H groups in total. The van der Waals surface area contributed by atoms with Crippen molar-refractivity contribution < 1.29 is 23.4 Å². The van der Waals surface area contributed by atoms with Gasteiger partial charge in [-0.15, -0.1) is 0 Å². The lowest BCUT2D eigenvalue weighted by Gasteiger charge is -2.45. The minimum Gasteiger partial charge on any atom is -0.438 e. The van der Waals surface area contributed by atoms with E-state index < -0.39 is 29.4 Å². The lowest BCUT2D eigenvalue weighted by atomic mass is 9.80. The maximum atomic E-state index is 13.2. The van der Waals surface area contributed by atoms with Crippen LogP contribution in [0.4, 0.5) is 13.6 Å². The summed E-state index contributed by atoms with van der Waals surface area (Å²) in [5, 5.41) is 10.6. The average Bonchev–Trinajstić information content (AvgIpc) is 2.83. The van der Waals surface area contributed by atoms with E-state index in [0.29, 0.717) is 28.7 Å². The van der Waals surface area contributed by atoms with E-state index >= 15 is 0 Å². The largest absolute Gasteiger partial charge is 0.438 e. The van der Waals surface area contributed by atoms with Gasteiger partial charge < -0.3 is 14.7 Å². The van der Waals surface area contributed by atoms with Crippen LogP contribution >= 0.6 is 0 Å². The van der Waals surface area contributed by atoms with Gasteiger partial charge in [0.25, 0.3) is 5.56 Å². The smallest absolute Gasteiger partial charge is 0.411 e. The topological polar surface area (TPSA) is 71.8 Å². The van der Waals surface area contributed by atoms with Crippen molar-refractivity contribution in [3.8, 4) is 11.1 Å². The van der Waals surface area contributed by atoms with Gasteiger partial charge >= 0.3 is 12.6 Å². The zero-order valence-electron chi connectivity index (χ0n) is 20.5. The minimum absolute atomic E-state index is 0.271. The lowest BCUT2D eigenvalue weighted by molar-refractivity contribution is -0.101. The van der Waals surface area contributed by atoms with Gasteiger partial charge in [0.2, 0.25) is 0 Å². The number of hydrogen-bond donors (Lipinski definition) is 1. The highest BCUT2D eigenvalue weighted by Gasteiger charge is 2.46. The Balaban J connectivity index is 1.54. The summed E-state index contributed by atoms with van der Waals surface area (Å²) >= 11 is 0. The highest BCUT2D eigenvalue weighted by Crippen LogP contribution is 2.42. The number of cyclic esters (lactones) is 1. The summed E-state index contributed by atoms with van der Waals surface area (Å²) in [5.74, 6) is 0. The Labute approximate surface area is 208 Å². The number of benzene rings is 2. The van der Waals surface area contributed by atoms with Crippen LogP contribution in [-0.4, -0.2) is 32.8 Å². The van der Waals surface area contributed by atoms with E-state index in [-0.39, 0.29) is 12.5 Å². The molecule has 2 atom stereocenters. The van der Waals surface area contributed by atoms with Gasteiger partial charge in [-0.3, -0.25) is 9.36 Å². The molecule has 0 aliphatic carbocycles. The fourth-order valence-corrected chi connectivity index (χ4v) is 4.85. The number of alkyl halides is 2. The number of hydrogen-bond acceptors (Lipinski definition) is 4. The monoisotopic (exact) mass is 496 g/mol. The molecule has 6 nitrogen and oxygen atoms in total. The normalized spacial score (nSPS) is 19.3. The number of aliphatic hydroxyl groups is 1. The predicted octanol–water partition coefficient (Wildman–Crippen LogP) is 5.87. The summed E-state index contributed by atoms with van der Waals surface area (Å²) < 4.78 is 32.6. The van der Waals surface area contributed by atoms with Crippen molar-refractivity contribution in [3.63, 3.8) is 0 Å². The third-order valence-electron chi connectivity index (χ3n) is 6.63. The number of nitrogens with zero attached hydrogens (tertiary/aromatic N) is 2. The van der Waals surface area contributed by atoms with E-state index in [4.69, 9.17) is 4.74 Å². The van der Waals surface area contributed by atoms with E-state index in [1.807, 2.05) is 49.4 Å². The number of halogens is 2. The highest BCUT2D eigenvalue weighted by molar-refractivity contribution is 5.70. The van der Waals surface area contributed by atoms with Crippen molar-refractivity contribution in [1.29, 1.82) is 0 Å². The van der Waals surface area contributed by atoms with E-state index in [9.17, 15) is 23.5 Å². The van der Waals surface area contributed by atoms with Crippen molar-refractivity contribution in [2.75, 3.05) is 6.54 Å². The zero-order valence-corrected chi connectivity index (χ0v) is 20.5. The van der Waals surface area contributed by atoms with Gasteiger partial charge in [-0.05, 0) is 49.1 Å². The molecule has 1 saturated heterocycles. The van der Waals surface area contributed by atoms with Gasteiger partial charge in [0.15, 0.2) is 0 Å². The van der Waals surface area contributed by atoms with Gasteiger partial charge in [0.1, 0.15) is 5.60 Å². The standard InChI is InChI=1S/C28H30F2N2O4/c1-19(20-9-11-21(12-10-20)22-13-14-24(33)32(17-22)25(29)30)31-16-15-28(36-26(31)34,18-27(2,3)35)23-7-5-4-6-8-23/h4-14,17,19,25,35H,15-16,18H2,1-3H3/t19-,28?/m0/s1. The van der Waals surface area contributed by atoms with Crippen LogP contribution in [0.5, 0.6) is 0 Å². The molecular weight excluding hydrogens is 466 g/mol. The van der Waals surface area contributed by atoms with Crippen LogP contribution in [0.15, 0.2) is 77.7 Å². The first-order chi connectivity index (χ1) is 17.0. The number of amides is 1. The number of pyridine rings is 1. The number of ether oxygens (including phenoxy) is 1. The molecular formula is C28H30F2N2O4. The van der Waals surface area contributed by atoms with Gasteiger partial charge in [-0.1, -0.05) is 54.6 Å². The van der Waals surface area contributed by atoms with Crippen LogP contribution in [0.25, 0.3) is 11.1 Å². The molecule has 4 rings (SSSR count). The first-order valence-corrected chi connectivity index (χ1v) is 11.9. The maximum Gasteiger partial charge on any atom is 0.411 e. The van der Waals surface area contributed by atoms with Crippen molar-refractivity contribution >= 4 is 6.09 Å². The van der Waals surface area contributed by atoms with Crippen molar-refractivity contribution in [2.45, 2.75) is 57.4 Å². The molecule has 8 heteroatoms. The molecule has 1 unspecified atom stereocenters. The molecule has 1 aliphatic heterocycles. The van der Waals surface area contributed by atoms with Crippen molar-refractivity contribution in [1.82, 2.24) is 9.47 Å². The molecule has 2 aromatic carbocycles. The quantitative estimate of drug-likeness (QED) is 0.444. The first-order valence-electron chi connectivity index (χ1n) is 11.9. The van der Waals surface area contributed by atoms with Crippen molar-refractivity contribution in [2.24, 2.45) is 0 Å². The summed E-state index contributed by atoms with van der Waals surface area (Å²) in [6.45, 7) is 2.83. The molecule has 1 amide bonds. The summed E-state index contributed by atoms with van der Waals surface area (Å²) in [5.41, 5.74) is 0.144. The molecule has 1 aliphatic rings. The van der Waals surface area contributed by atoms with Crippen molar-refractivity contribution in [3.05, 3.63) is 94.4 Å². The molecule has 0 spiro atoms. The predicted molar refractivity (Wildman–Crippen MR) is 133 cm³/mol. The van der Waals surface area contributed by atoms with Gasteiger partial charge in [0, 0.05) is 31.6 Å². The Morgan fingerprint density at radius 1 is 1.00 bits per heavy atom. The maximum absolute atomic E-state index is 13.2. The average molecular weight is 497 g/mol. The Hall–Kier alpha value is -3.52. The van der Waals surface area contributed by atoms with Gasteiger partial charge in [-0.2, -0.15) is 8.78 Å². The summed E-state index contributed by atoms with van der Waals surface area (Å²) in [6.07, 6.45) is 1.46. The van der Waals surface area contributed by atoms with Crippen LogP contribution in [0, 0.1) is 0 Å². The Bertz CT molecular complexity index is 1270. The molecule has 36 heavy (non-hydrogen) atoms. The third-order valence-corrected chi connectivity index (χ3v) is 6.63. The highest BCUT2D eigenvalue weighted by atomic mass is 19.3. The molecule has 0 saturated carbocycles. The Morgan fingerprint density at radius 3 is 2.22 bits per heavy atom. The fraction of sp³-hybridized carbons (Fsp3) is 0.357. The van der Waals surface area contributed by atoms with Crippen LogP contribution < -0.4 is 5.56 Å². The number of rotatable bonds is 7. The van der Waals surface area contributed by atoms with E-state index in [0.717, 1.165) is 23.4 Å². The first kappa shape index (κ1) is 25.6. The second-order valence-electron chi connectivity index (χ2n) is 9.90. The summed E-state index contributed by atoms with van der Waals surface area (Å²) in [7, 11) is 0. The van der Waals surface area contributed by atoms with Crippen LogP contribution in [0.1, 0.15) is 57.3 Å². The fourth-order valence-electron chi connectivity index (χ4n) is 4.85. The Kier molecular flexibility index (Phi) is 7.00. The molecule has 1 aromatic heterocycles. The van der Waals surface area contributed by atoms with Crippen LogP contribution in [0.2, 0.25) is 0 Å². The molecule has 1 fully saturated rings. The Morgan fingerprint density at radius 2 is 1.64 bits per heavy atom. The minimum atomic E-state index is -2.92. The summed E-state index contributed by atoms with van der Waals surface area (Å²) in [4.78, 5) is 26.5. The van der Waals surface area contributed by atoms with Crippen LogP contribution in [-0.2, 0) is 10.3 Å². The second-order valence-corrected chi connectivity index (χ2v) is 9.90. The third kappa shape index (κ3) is 5.33. The molecule has 2 heterocycles. The van der Waals surface area contributed by atoms with Crippen LogP contribution in [0.3, 0.4) is 0 Å². The second kappa shape index (κ2) is 9.85. The van der Waals surface area contributed by atoms with E-state index in [2.05, 4.69) is 0 Å². The molecule has 0 radical (unpaired) electrons. The van der Waals surface area contributed by atoms with Gasteiger partial charge in [0.05, 0.1) is 11.6 Å². The van der Waals surface area contributed by atoms with Gasteiger partial charge in [-0.25, -0.2) is 4.79 Å². The SMILES string of the molecule is C[C@@H](c1ccc(-c2ccc(=O)n(C(F)F)c2)cc1)N1CCC(CC(C)(C)O)(c2ccccc2)OC1=O. The number of aromatic nitrogens is 1. The molecule has 3 aromatic rings. The molecule has 0 bridgehead atoms.